The van der Waals surface area contributed by atoms with Crippen LogP contribution in [0.1, 0.15) is 47.0 Å². The SMILES string of the molecule is CCCC(CCSCC)(C(=O)OCC)C(=O)OCC. The van der Waals surface area contributed by atoms with Crippen LogP contribution in [0.15, 0.2) is 0 Å². The van der Waals surface area contributed by atoms with E-state index in [4.69, 9.17) is 9.47 Å². The quantitative estimate of drug-likeness (QED) is 0.352. The van der Waals surface area contributed by atoms with Crippen LogP contribution in [0.4, 0.5) is 0 Å². The van der Waals surface area contributed by atoms with Crippen molar-refractivity contribution in [1.82, 2.24) is 0 Å². The Hall–Kier alpha value is -0.710. The first-order chi connectivity index (χ1) is 9.08. The molecular weight excluding hydrogens is 264 g/mol. The van der Waals surface area contributed by atoms with Gasteiger partial charge in [-0.15, -0.1) is 0 Å². The third-order valence-electron chi connectivity index (χ3n) is 2.89. The zero-order chi connectivity index (χ0) is 14.7. The van der Waals surface area contributed by atoms with E-state index in [-0.39, 0.29) is 13.2 Å². The zero-order valence-corrected chi connectivity index (χ0v) is 13.3. The van der Waals surface area contributed by atoms with Gasteiger partial charge in [-0.3, -0.25) is 9.59 Å². The highest BCUT2D eigenvalue weighted by atomic mass is 32.2. The molecule has 0 radical (unpaired) electrons. The van der Waals surface area contributed by atoms with E-state index in [1.165, 1.54) is 0 Å². The number of thioether (sulfide) groups is 1. The van der Waals surface area contributed by atoms with Gasteiger partial charge in [0.25, 0.3) is 0 Å². The van der Waals surface area contributed by atoms with Gasteiger partial charge in [0.2, 0.25) is 0 Å². The van der Waals surface area contributed by atoms with Crippen LogP contribution in [0, 0.1) is 5.41 Å². The summed E-state index contributed by atoms with van der Waals surface area (Å²) in [5.74, 6) is 0.848. The van der Waals surface area contributed by atoms with Crippen molar-refractivity contribution in [2.75, 3.05) is 24.7 Å². The van der Waals surface area contributed by atoms with Crippen molar-refractivity contribution >= 4 is 23.7 Å². The average Bonchev–Trinajstić information content (AvgIpc) is 2.38. The van der Waals surface area contributed by atoms with E-state index in [9.17, 15) is 9.59 Å². The van der Waals surface area contributed by atoms with Crippen molar-refractivity contribution < 1.29 is 19.1 Å². The van der Waals surface area contributed by atoms with Gasteiger partial charge in [0, 0.05) is 0 Å². The summed E-state index contributed by atoms with van der Waals surface area (Å²) < 4.78 is 10.2. The predicted octanol–water partition coefficient (Wildman–Crippen LogP) is 3.04. The molecule has 4 nitrogen and oxygen atoms in total. The van der Waals surface area contributed by atoms with Crippen LogP contribution in [-0.2, 0) is 19.1 Å². The zero-order valence-electron chi connectivity index (χ0n) is 12.5. The minimum atomic E-state index is -1.12. The lowest BCUT2D eigenvalue weighted by Gasteiger charge is -2.28. The Morgan fingerprint density at radius 1 is 0.947 bits per heavy atom. The second-order valence-corrected chi connectivity index (χ2v) is 5.61. The van der Waals surface area contributed by atoms with E-state index in [1.807, 2.05) is 6.92 Å². The second kappa shape index (κ2) is 10.1. The summed E-state index contributed by atoms with van der Waals surface area (Å²) in [5.41, 5.74) is -1.12. The lowest BCUT2D eigenvalue weighted by atomic mass is 9.80. The monoisotopic (exact) mass is 290 g/mol. The summed E-state index contributed by atoms with van der Waals surface area (Å²) in [7, 11) is 0. The Bertz CT molecular complexity index is 261. The lowest BCUT2D eigenvalue weighted by Crippen LogP contribution is -2.42. The van der Waals surface area contributed by atoms with Gasteiger partial charge in [-0.05, 0) is 38.2 Å². The molecule has 19 heavy (non-hydrogen) atoms. The van der Waals surface area contributed by atoms with E-state index in [0.717, 1.165) is 17.9 Å². The third-order valence-corrected chi connectivity index (χ3v) is 3.79. The number of rotatable bonds is 10. The Morgan fingerprint density at radius 2 is 1.47 bits per heavy atom. The largest absolute Gasteiger partial charge is 0.465 e. The molecule has 0 N–H and O–H groups in total. The summed E-state index contributed by atoms with van der Waals surface area (Å²) in [5, 5.41) is 0. The Kier molecular flexibility index (Phi) is 9.74. The van der Waals surface area contributed by atoms with Crippen LogP contribution in [0.2, 0.25) is 0 Å². The highest BCUT2D eigenvalue weighted by Gasteiger charge is 2.47. The maximum absolute atomic E-state index is 12.2. The maximum Gasteiger partial charge on any atom is 0.323 e. The minimum absolute atomic E-state index is 0.282. The number of hydrogen-bond acceptors (Lipinski definition) is 5. The molecule has 0 spiro atoms. The second-order valence-electron chi connectivity index (χ2n) is 4.22. The molecule has 0 rings (SSSR count). The summed E-state index contributed by atoms with van der Waals surface area (Å²) in [6.07, 6.45) is 1.71. The molecule has 0 aliphatic carbocycles. The summed E-state index contributed by atoms with van der Waals surface area (Å²) in [4.78, 5) is 24.5. The van der Waals surface area contributed by atoms with Crippen LogP contribution < -0.4 is 0 Å². The molecular formula is C14H26O4S. The van der Waals surface area contributed by atoms with E-state index in [1.54, 1.807) is 25.6 Å². The summed E-state index contributed by atoms with van der Waals surface area (Å²) >= 11 is 1.72. The predicted molar refractivity (Wildman–Crippen MR) is 78.2 cm³/mol. The van der Waals surface area contributed by atoms with E-state index >= 15 is 0 Å². The number of esters is 2. The van der Waals surface area contributed by atoms with Crippen LogP contribution in [-0.4, -0.2) is 36.7 Å². The molecule has 0 aromatic rings. The van der Waals surface area contributed by atoms with Crippen LogP contribution in [0.5, 0.6) is 0 Å². The fourth-order valence-electron chi connectivity index (χ4n) is 1.97. The van der Waals surface area contributed by atoms with Crippen molar-refractivity contribution in [3.63, 3.8) is 0 Å². The van der Waals surface area contributed by atoms with E-state index < -0.39 is 17.4 Å². The molecule has 0 bridgehead atoms. The normalized spacial score (nSPS) is 11.2. The number of carbonyl (C=O) groups excluding carboxylic acids is 2. The Morgan fingerprint density at radius 3 is 1.84 bits per heavy atom. The van der Waals surface area contributed by atoms with Crippen LogP contribution in [0.25, 0.3) is 0 Å². The van der Waals surface area contributed by atoms with Crippen molar-refractivity contribution in [2.45, 2.75) is 47.0 Å². The Balaban J connectivity index is 5.08. The van der Waals surface area contributed by atoms with Crippen molar-refractivity contribution in [3.8, 4) is 0 Å². The van der Waals surface area contributed by atoms with Crippen molar-refractivity contribution in [2.24, 2.45) is 5.41 Å². The molecule has 112 valence electrons. The molecule has 0 heterocycles. The first-order valence-electron chi connectivity index (χ1n) is 7.01. The first-order valence-corrected chi connectivity index (χ1v) is 8.16. The summed E-state index contributed by atoms with van der Waals surface area (Å²) in [6.45, 7) is 8.08. The minimum Gasteiger partial charge on any atom is -0.465 e. The van der Waals surface area contributed by atoms with Gasteiger partial charge in [-0.25, -0.2) is 0 Å². The first kappa shape index (κ1) is 18.3. The van der Waals surface area contributed by atoms with Gasteiger partial charge in [-0.1, -0.05) is 20.3 Å². The van der Waals surface area contributed by atoms with Crippen molar-refractivity contribution in [3.05, 3.63) is 0 Å². The molecule has 0 aliphatic rings. The van der Waals surface area contributed by atoms with Gasteiger partial charge in [-0.2, -0.15) is 11.8 Å². The Labute approximate surface area is 120 Å². The number of ether oxygens (including phenoxy) is 2. The fraction of sp³-hybridized carbons (Fsp3) is 0.857. The lowest BCUT2D eigenvalue weighted by molar-refractivity contribution is -0.173. The smallest absolute Gasteiger partial charge is 0.323 e. The topological polar surface area (TPSA) is 52.6 Å². The van der Waals surface area contributed by atoms with Crippen molar-refractivity contribution in [1.29, 1.82) is 0 Å². The fourth-order valence-corrected chi connectivity index (χ4v) is 2.75. The molecule has 0 aromatic carbocycles. The number of carbonyl (C=O) groups is 2. The van der Waals surface area contributed by atoms with Gasteiger partial charge >= 0.3 is 11.9 Å². The van der Waals surface area contributed by atoms with Crippen LogP contribution >= 0.6 is 11.8 Å². The van der Waals surface area contributed by atoms with Gasteiger partial charge in [0.15, 0.2) is 5.41 Å². The standard InChI is InChI=1S/C14H26O4S/c1-5-9-14(10-11-19-8-4,12(15)17-6-2)13(16)18-7-3/h5-11H2,1-4H3. The van der Waals surface area contributed by atoms with E-state index in [2.05, 4.69) is 6.92 Å². The molecule has 5 heteroatoms. The molecule has 0 aliphatic heterocycles. The highest BCUT2D eigenvalue weighted by Crippen LogP contribution is 2.33. The molecule has 0 unspecified atom stereocenters. The van der Waals surface area contributed by atoms with Gasteiger partial charge < -0.3 is 9.47 Å². The molecule has 0 saturated heterocycles. The van der Waals surface area contributed by atoms with Gasteiger partial charge in [0.05, 0.1) is 13.2 Å². The third kappa shape index (κ3) is 5.43. The van der Waals surface area contributed by atoms with E-state index in [0.29, 0.717) is 12.8 Å². The average molecular weight is 290 g/mol. The number of hydrogen-bond donors (Lipinski definition) is 0. The highest BCUT2D eigenvalue weighted by molar-refractivity contribution is 7.99. The summed E-state index contributed by atoms with van der Waals surface area (Å²) in [6, 6.07) is 0. The molecule has 0 amide bonds. The van der Waals surface area contributed by atoms with Gasteiger partial charge in [0.1, 0.15) is 0 Å². The molecule has 0 fully saturated rings. The molecule has 0 aromatic heterocycles. The molecule has 0 saturated carbocycles. The maximum atomic E-state index is 12.2. The molecule has 0 atom stereocenters. The van der Waals surface area contributed by atoms with Crippen LogP contribution in [0.3, 0.4) is 0 Å².